The fourth-order valence-electron chi connectivity index (χ4n) is 2.93. The number of fused-ring (bicyclic) bond motifs is 1. The SMILES string of the molecule is COc1ccc2cc(C3=N/C(=C/c4ccc(Cl)cc4)C(=O)O3)sc(=O)c2c1OC. The number of cyclic esters (lactones) is 1. The van der Waals surface area contributed by atoms with E-state index in [2.05, 4.69) is 4.99 Å². The van der Waals surface area contributed by atoms with Crippen LogP contribution in [0.5, 0.6) is 11.5 Å². The lowest BCUT2D eigenvalue weighted by molar-refractivity contribution is -0.129. The molecule has 29 heavy (non-hydrogen) atoms. The van der Waals surface area contributed by atoms with Crippen LogP contribution in [-0.2, 0) is 9.53 Å². The Morgan fingerprint density at radius 2 is 1.83 bits per heavy atom. The molecular formula is C21H14ClNO5S. The monoisotopic (exact) mass is 427 g/mol. The van der Waals surface area contributed by atoms with Crippen LogP contribution in [0.2, 0.25) is 5.02 Å². The van der Waals surface area contributed by atoms with E-state index in [1.54, 1.807) is 48.5 Å². The van der Waals surface area contributed by atoms with Gasteiger partial charge in [0.05, 0.1) is 24.5 Å². The van der Waals surface area contributed by atoms with Gasteiger partial charge in [-0.1, -0.05) is 41.1 Å². The van der Waals surface area contributed by atoms with Crippen LogP contribution in [0, 0.1) is 0 Å². The minimum Gasteiger partial charge on any atom is -0.493 e. The number of ether oxygens (including phenoxy) is 3. The summed E-state index contributed by atoms with van der Waals surface area (Å²) in [5.41, 5.74) is 0.907. The van der Waals surface area contributed by atoms with Crippen molar-refractivity contribution in [2.75, 3.05) is 14.2 Å². The summed E-state index contributed by atoms with van der Waals surface area (Å²) in [7, 11) is 2.99. The largest absolute Gasteiger partial charge is 0.493 e. The molecule has 1 aromatic heterocycles. The molecule has 0 saturated heterocycles. The number of rotatable bonds is 4. The maximum Gasteiger partial charge on any atom is 0.363 e. The van der Waals surface area contributed by atoms with Crippen LogP contribution in [0.3, 0.4) is 0 Å². The highest BCUT2D eigenvalue weighted by Gasteiger charge is 2.26. The normalized spacial score (nSPS) is 14.8. The molecule has 0 aliphatic carbocycles. The standard InChI is InChI=1S/C21H14ClNO5S/c1-26-15-8-5-12-10-16(29-21(25)17(12)18(15)27-2)19-23-14(20(24)28-19)9-11-3-6-13(22)7-4-11/h3-10H,1-2H3/b14-9+. The number of hydrogen-bond donors (Lipinski definition) is 0. The number of halogens is 1. The summed E-state index contributed by atoms with van der Waals surface area (Å²) in [6.45, 7) is 0. The first kappa shape index (κ1) is 19.2. The van der Waals surface area contributed by atoms with Gasteiger partial charge in [-0.2, -0.15) is 0 Å². The molecule has 0 unspecified atom stereocenters. The lowest BCUT2D eigenvalue weighted by Gasteiger charge is -2.10. The third-order valence-electron chi connectivity index (χ3n) is 4.28. The number of carbonyl (C=O) groups excluding carboxylic acids is 1. The van der Waals surface area contributed by atoms with E-state index < -0.39 is 5.97 Å². The Morgan fingerprint density at radius 3 is 2.52 bits per heavy atom. The summed E-state index contributed by atoms with van der Waals surface area (Å²) >= 11 is 6.80. The van der Waals surface area contributed by atoms with Crippen LogP contribution in [-0.4, -0.2) is 26.1 Å². The van der Waals surface area contributed by atoms with Crippen molar-refractivity contribution < 1.29 is 19.0 Å². The van der Waals surface area contributed by atoms with Crippen molar-refractivity contribution in [1.29, 1.82) is 0 Å². The fraction of sp³-hybridized carbons (Fsp3) is 0.0952. The zero-order valence-electron chi connectivity index (χ0n) is 15.4. The maximum atomic E-state index is 12.8. The molecule has 146 valence electrons. The van der Waals surface area contributed by atoms with Gasteiger partial charge in [0.1, 0.15) is 0 Å². The second kappa shape index (κ2) is 7.69. The van der Waals surface area contributed by atoms with E-state index in [-0.39, 0.29) is 16.3 Å². The Labute approximate surface area is 174 Å². The van der Waals surface area contributed by atoms with Gasteiger partial charge in [-0.3, -0.25) is 4.79 Å². The summed E-state index contributed by atoms with van der Waals surface area (Å²) in [6.07, 6.45) is 1.60. The van der Waals surface area contributed by atoms with Crippen LogP contribution >= 0.6 is 22.9 Å². The highest BCUT2D eigenvalue weighted by molar-refractivity contribution is 7.12. The first-order valence-electron chi connectivity index (χ1n) is 8.47. The number of carbonyl (C=O) groups is 1. The van der Waals surface area contributed by atoms with Crippen molar-refractivity contribution in [1.82, 2.24) is 0 Å². The van der Waals surface area contributed by atoms with Crippen molar-refractivity contribution in [3.63, 3.8) is 0 Å². The van der Waals surface area contributed by atoms with Crippen LogP contribution in [0.4, 0.5) is 0 Å². The molecule has 8 heteroatoms. The lowest BCUT2D eigenvalue weighted by Crippen LogP contribution is -2.08. The quantitative estimate of drug-likeness (QED) is 0.459. The van der Waals surface area contributed by atoms with E-state index in [1.807, 2.05) is 0 Å². The van der Waals surface area contributed by atoms with Gasteiger partial charge in [-0.05, 0) is 41.3 Å². The first-order valence-corrected chi connectivity index (χ1v) is 9.67. The summed E-state index contributed by atoms with van der Waals surface area (Å²) in [5, 5.41) is 1.64. The minimum absolute atomic E-state index is 0.0917. The van der Waals surface area contributed by atoms with Crippen LogP contribution in [0.15, 0.2) is 57.9 Å². The molecule has 0 fully saturated rings. The molecule has 4 rings (SSSR count). The van der Waals surface area contributed by atoms with E-state index in [9.17, 15) is 9.59 Å². The van der Waals surface area contributed by atoms with Crippen molar-refractivity contribution in [3.05, 3.63) is 73.2 Å². The Morgan fingerprint density at radius 1 is 1.07 bits per heavy atom. The predicted octanol–water partition coefficient (Wildman–Crippen LogP) is 4.28. The van der Waals surface area contributed by atoms with Gasteiger partial charge in [0.15, 0.2) is 17.2 Å². The average Bonchev–Trinajstić information content (AvgIpc) is 3.09. The van der Waals surface area contributed by atoms with Gasteiger partial charge in [0, 0.05) is 5.02 Å². The Kier molecular flexibility index (Phi) is 5.08. The predicted molar refractivity (Wildman–Crippen MR) is 113 cm³/mol. The van der Waals surface area contributed by atoms with E-state index in [1.165, 1.54) is 14.2 Å². The molecule has 2 aromatic carbocycles. The second-order valence-corrected chi connectivity index (χ2v) is 7.50. The van der Waals surface area contributed by atoms with Gasteiger partial charge < -0.3 is 14.2 Å². The van der Waals surface area contributed by atoms with E-state index in [0.29, 0.717) is 32.2 Å². The Balaban J connectivity index is 1.78. The third kappa shape index (κ3) is 3.62. The van der Waals surface area contributed by atoms with Crippen molar-refractivity contribution in [2.24, 2.45) is 4.99 Å². The molecule has 0 atom stereocenters. The number of nitrogens with zero attached hydrogens (tertiary/aromatic N) is 1. The number of benzene rings is 2. The molecule has 0 amide bonds. The number of esters is 1. The minimum atomic E-state index is -0.581. The lowest BCUT2D eigenvalue weighted by atomic mass is 10.1. The Bertz CT molecular complexity index is 1240. The number of methoxy groups -OCH3 is 2. The van der Waals surface area contributed by atoms with Gasteiger partial charge in [-0.15, -0.1) is 0 Å². The van der Waals surface area contributed by atoms with Crippen LogP contribution < -0.4 is 14.2 Å². The molecule has 1 aliphatic heterocycles. The molecule has 0 spiro atoms. The van der Waals surface area contributed by atoms with Crippen LogP contribution in [0.25, 0.3) is 16.8 Å². The van der Waals surface area contributed by atoms with E-state index in [0.717, 1.165) is 16.9 Å². The average molecular weight is 428 g/mol. The van der Waals surface area contributed by atoms with Crippen molar-refractivity contribution in [3.8, 4) is 11.5 Å². The smallest absolute Gasteiger partial charge is 0.363 e. The van der Waals surface area contributed by atoms with E-state index >= 15 is 0 Å². The molecule has 0 N–H and O–H groups in total. The van der Waals surface area contributed by atoms with E-state index in [4.69, 9.17) is 25.8 Å². The van der Waals surface area contributed by atoms with Crippen molar-refractivity contribution >= 4 is 51.7 Å². The first-order chi connectivity index (χ1) is 14.0. The molecule has 3 aromatic rings. The molecular weight excluding hydrogens is 414 g/mol. The van der Waals surface area contributed by atoms with Gasteiger partial charge in [-0.25, -0.2) is 9.79 Å². The zero-order valence-corrected chi connectivity index (χ0v) is 17.0. The summed E-state index contributed by atoms with van der Waals surface area (Å²) in [5.74, 6) is 0.345. The van der Waals surface area contributed by atoms with Gasteiger partial charge in [0.25, 0.3) is 0 Å². The zero-order chi connectivity index (χ0) is 20.5. The highest BCUT2D eigenvalue weighted by atomic mass is 35.5. The second-order valence-electron chi connectivity index (χ2n) is 6.05. The summed E-state index contributed by atoms with van der Waals surface area (Å²) in [6, 6.07) is 12.2. The molecule has 0 bridgehead atoms. The molecule has 0 radical (unpaired) electrons. The number of hydrogen-bond acceptors (Lipinski definition) is 7. The summed E-state index contributed by atoms with van der Waals surface area (Å²) in [4.78, 5) is 29.7. The maximum absolute atomic E-state index is 12.8. The molecule has 6 nitrogen and oxygen atoms in total. The molecule has 0 saturated carbocycles. The van der Waals surface area contributed by atoms with Gasteiger partial charge in [0.2, 0.25) is 10.6 Å². The van der Waals surface area contributed by atoms with Gasteiger partial charge >= 0.3 is 5.97 Å². The van der Waals surface area contributed by atoms with Crippen LogP contribution in [0.1, 0.15) is 10.4 Å². The summed E-state index contributed by atoms with van der Waals surface area (Å²) < 4.78 is 15.7. The third-order valence-corrected chi connectivity index (χ3v) is 5.43. The van der Waals surface area contributed by atoms with Crippen molar-refractivity contribution in [2.45, 2.75) is 0 Å². The molecule has 1 aliphatic rings. The Hall–Kier alpha value is -3.16. The highest BCUT2D eigenvalue weighted by Crippen LogP contribution is 2.35. The number of aliphatic imine (C=N–C) groups is 1. The fourth-order valence-corrected chi connectivity index (χ4v) is 3.93. The molecule has 2 heterocycles. The topological polar surface area (TPSA) is 74.2 Å².